The minimum absolute atomic E-state index is 0.00893. The van der Waals surface area contributed by atoms with Crippen LogP contribution in [0.25, 0.3) is 11.5 Å². The molecule has 2 aromatic rings. The number of benzene rings is 1. The van der Waals surface area contributed by atoms with Gasteiger partial charge < -0.3 is 9.73 Å². The van der Waals surface area contributed by atoms with E-state index in [1.807, 2.05) is 13.8 Å². The Morgan fingerprint density at radius 3 is 2.69 bits per heavy atom. The van der Waals surface area contributed by atoms with Gasteiger partial charge in [0.15, 0.2) is 0 Å². The Morgan fingerprint density at radius 1 is 1.31 bits per heavy atom. The Labute approximate surface area is 192 Å². The molecule has 0 saturated carbocycles. The largest absolute Gasteiger partial charge is 0.411 e. The quantitative estimate of drug-likeness (QED) is 0.574. The average Bonchev–Trinajstić information content (AvgIpc) is 3.27. The Hall–Kier alpha value is -2.42. The molecule has 1 unspecified atom stereocenters. The lowest BCUT2D eigenvalue weighted by Crippen LogP contribution is -2.49. The molecule has 1 N–H and O–H groups in total. The number of nitrogens with zero attached hydrogens (tertiary/aromatic N) is 4. The van der Waals surface area contributed by atoms with Crippen molar-refractivity contribution in [2.75, 3.05) is 18.8 Å². The van der Waals surface area contributed by atoms with Crippen LogP contribution in [0.4, 0.5) is 0 Å². The van der Waals surface area contributed by atoms with Gasteiger partial charge in [0.25, 0.3) is 5.22 Å². The van der Waals surface area contributed by atoms with Gasteiger partial charge >= 0.3 is 0 Å². The zero-order chi connectivity index (χ0) is 23.4. The first-order valence-electron chi connectivity index (χ1n) is 10.4. The molecule has 1 aliphatic rings. The minimum Gasteiger partial charge on any atom is -0.411 e. The van der Waals surface area contributed by atoms with E-state index in [2.05, 4.69) is 21.6 Å². The van der Waals surface area contributed by atoms with E-state index in [0.29, 0.717) is 18.7 Å². The van der Waals surface area contributed by atoms with E-state index in [1.54, 1.807) is 25.1 Å². The second kappa shape index (κ2) is 10.0. The van der Waals surface area contributed by atoms with Crippen molar-refractivity contribution in [3.8, 4) is 17.5 Å². The molecule has 0 radical (unpaired) electrons. The van der Waals surface area contributed by atoms with E-state index in [-0.39, 0.29) is 33.6 Å². The predicted octanol–water partition coefficient (Wildman–Crippen LogP) is 3.06. The van der Waals surface area contributed by atoms with E-state index in [1.165, 1.54) is 10.4 Å². The van der Waals surface area contributed by atoms with E-state index in [9.17, 15) is 18.5 Å². The van der Waals surface area contributed by atoms with Gasteiger partial charge in [-0.3, -0.25) is 4.79 Å². The zero-order valence-electron chi connectivity index (χ0n) is 18.4. The normalized spacial score (nSPS) is 17.0. The van der Waals surface area contributed by atoms with Crippen molar-refractivity contribution in [3.05, 3.63) is 24.3 Å². The number of amides is 1. The third-order valence-electron chi connectivity index (χ3n) is 5.55. The maximum Gasteiger partial charge on any atom is 0.277 e. The molecule has 1 aromatic carbocycles. The van der Waals surface area contributed by atoms with Gasteiger partial charge in [0.2, 0.25) is 21.8 Å². The van der Waals surface area contributed by atoms with E-state index in [4.69, 9.17) is 4.42 Å². The van der Waals surface area contributed by atoms with Gasteiger partial charge in [0.1, 0.15) is 5.54 Å². The van der Waals surface area contributed by atoms with Crippen molar-refractivity contribution in [3.63, 3.8) is 0 Å². The summed E-state index contributed by atoms with van der Waals surface area (Å²) in [6.45, 7) is 6.45. The molecule has 1 saturated heterocycles. The highest BCUT2D eigenvalue weighted by Crippen LogP contribution is 2.27. The summed E-state index contributed by atoms with van der Waals surface area (Å²) < 4.78 is 33.0. The fourth-order valence-electron chi connectivity index (χ4n) is 3.18. The van der Waals surface area contributed by atoms with Crippen LogP contribution in [0.3, 0.4) is 0 Å². The molecule has 1 aromatic heterocycles. The van der Waals surface area contributed by atoms with Gasteiger partial charge in [-0.05, 0) is 43.9 Å². The van der Waals surface area contributed by atoms with Crippen molar-refractivity contribution < 1.29 is 17.6 Å². The number of carbonyl (C=O) groups excluding carboxylic acids is 1. The monoisotopic (exact) mass is 477 g/mol. The summed E-state index contributed by atoms with van der Waals surface area (Å²) in [5.74, 6) is -0.186. The number of hydrogen-bond acceptors (Lipinski definition) is 8. The molecular formula is C21H27N5O4S2. The SMILES string of the molecule is CC(C)C(C)(C#N)NC(=O)CSc1nnc(-c2cccc(S(=O)(=O)N3CCCCC3)c2)o1. The average molecular weight is 478 g/mol. The van der Waals surface area contributed by atoms with E-state index in [0.717, 1.165) is 31.0 Å². The second-order valence-corrected chi connectivity index (χ2v) is 11.0. The second-order valence-electron chi connectivity index (χ2n) is 8.17. The molecule has 1 atom stereocenters. The van der Waals surface area contributed by atoms with Crippen LogP contribution >= 0.6 is 11.8 Å². The van der Waals surface area contributed by atoms with Gasteiger partial charge in [-0.1, -0.05) is 38.1 Å². The molecule has 32 heavy (non-hydrogen) atoms. The maximum absolute atomic E-state index is 12.9. The smallest absolute Gasteiger partial charge is 0.277 e. The first kappa shape index (κ1) is 24.2. The molecule has 2 heterocycles. The number of piperidine rings is 1. The molecule has 0 bridgehead atoms. The van der Waals surface area contributed by atoms with Crippen LogP contribution in [0.1, 0.15) is 40.0 Å². The lowest BCUT2D eigenvalue weighted by atomic mass is 9.90. The molecule has 0 aliphatic carbocycles. The van der Waals surface area contributed by atoms with E-state index >= 15 is 0 Å². The molecule has 172 valence electrons. The van der Waals surface area contributed by atoms with Crippen LogP contribution in [-0.2, 0) is 14.8 Å². The van der Waals surface area contributed by atoms with E-state index < -0.39 is 15.6 Å². The van der Waals surface area contributed by atoms with Crippen LogP contribution in [0, 0.1) is 17.2 Å². The lowest BCUT2D eigenvalue weighted by Gasteiger charge is -2.27. The number of sulfonamides is 1. The summed E-state index contributed by atoms with van der Waals surface area (Å²) in [6, 6.07) is 8.56. The summed E-state index contributed by atoms with van der Waals surface area (Å²) in [5.41, 5.74) is -0.471. The Bertz CT molecular complexity index is 1100. The molecule has 0 spiro atoms. The highest BCUT2D eigenvalue weighted by molar-refractivity contribution is 7.99. The molecule has 3 rings (SSSR count). The van der Waals surface area contributed by atoms with Gasteiger partial charge in [-0.25, -0.2) is 8.42 Å². The highest BCUT2D eigenvalue weighted by atomic mass is 32.2. The highest BCUT2D eigenvalue weighted by Gasteiger charge is 2.30. The number of rotatable bonds is 8. The fourth-order valence-corrected chi connectivity index (χ4v) is 5.31. The lowest BCUT2D eigenvalue weighted by molar-refractivity contribution is -0.120. The number of aromatic nitrogens is 2. The summed E-state index contributed by atoms with van der Waals surface area (Å²) in [5, 5.41) is 20.2. The number of hydrogen-bond donors (Lipinski definition) is 1. The summed E-state index contributed by atoms with van der Waals surface area (Å²) >= 11 is 1.05. The third kappa shape index (κ3) is 5.49. The molecule has 1 amide bonds. The fraction of sp³-hybridized carbons (Fsp3) is 0.524. The van der Waals surface area contributed by atoms with Crippen LogP contribution in [0.2, 0.25) is 0 Å². The number of thioether (sulfide) groups is 1. The summed E-state index contributed by atoms with van der Waals surface area (Å²) in [7, 11) is -3.58. The van der Waals surface area contributed by atoms with Crippen LogP contribution in [-0.4, -0.2) is 53.2 Å². The molecule has 9 nitrogen and oxygen atoms in total. The molecule has 11 heteroatoms. The van der Waals surface area contributed by atoms with Crippen molar-refractivity contribution in [2.24, 2.45) is 5.92 Å². The summed E-state index contributed by atoms with van der Waals surface area (Å²) in [6.07, 6.45) is 2.77. The van der Waals surface area contributed by atoms with Crippen LogP contribution in [0.5, 0.6) is 0 Å². The Kier molecular flexibility index (Phi) is 7.59. The number of carbonyl (C=O) groups is 1. The van der Waals surface area contributed by atoms with Gasteiger partial charge in [-0.15, -0.1) is 10.2 Å². The number of nitriles is 1. The van der Waals surface area contributed by atoms with Gasteiger partial charge in [0.05, 0.1) is 16.7 Å². The van der Waals surface area contributed by atoms with Crippen molar-refractivity contribution >= 4 is 27.7 Å². The van der Waals surface area contributed by atoms with Crippen molar-refractivity contribution in [1.82, 2.24) is 19.8 Å². The van der Waals surface area contributed by atoms with Crippen LogP contribution in [0.15, 0.2) is 38.8 Å². The molecule has 1 fully saturated rings. The maximum atomic E-state index is 12.9. The summed E-state index contributed by atoms with van der Waals surface area (Å²) in [4.78, 5) is 12.4. The van der Waals surface area contributed by atoms with Gasteiger partial charge in [0, 0.05) is 18.7 Å². The van der Waals surface area contributed by atoms with Gasteiger partial charge in [-0.2, -0.15) is 9.57 Å². The van der Waals surface area contributed by atoms with Crippen molar-refractivity contribution in [2.45, 2.75) is 55.7 Å². The number of nitrogens with one attached hydrogen (secondary N) is 1. The van der Waals surface area contributed by atoms with Crippen LogP contribution < -0.4 is 5.32 Å². The first-order chi connectivity index (χ1) is 15.2. The topological polar surface area (TPSA) is 129 Å². The molecule has 1 aliphatic heterocycles. The minimum atomic E-state index is -3.58. The standard InChI is InChI=1S/C21H27N5O4S2/c1-15(2)21(3,14-22)23-18(27)13-31-20-25-24-19(30-20)16-8-7-9-17(12-16)32(28,29)26-10-5-4-6-11-26/h7-9,12,15H,4-6,10-11,13H2,1-3H3,(H,23,27). The Balaban J connectivity index is 1.68. The Morgan fingerprint density at radius 2 is 2.03 bits per heavy atom. The zero-order valence-corrected chi connectivity index (χ0v) is 20.0. The predicted molar refractivity (Wildman–Crippen MR) is 120 cm³/mol. The molecular weight excluding hydrogens is 450 g/mol. The first-order valence-corrected chi connectivity index (χ1v) is 12.9. The van der Waals surface area contributed by atoms with Crippen molar-refractivity contribution in [1.29, 1.82) is 5.26 Å². The third-order valence-corrected chi connectivity index (χ3v) is 8.27.